The van der Waals surface area contributed by atoms with Crippen LogP contribution in [0, 0.1) is 6.92 Å². The van der Waals surface area contributed by atoms with Crippen molar-refractivity contribution < 1.29 is 24.3 Å². The molecule has 0 spiro atoms. The Morgan fingerprint density at radius 3 is 2.46 bits per heavy atom. The number of aryl methyl sites for hydroxylation is 1. The van der Waals surface area contributed by atoms with Crippen molar-refractivity contribution in [2.45, 2.75) is 44.3 Å². The molecule has 1 unspecified atom stereocenters. The van der Waals surface area contributed by atoms with Gasteiger partial charge in [0, 0.05) is 29.6 Å². The summed E-state index contributed by atoms with van der Waals surface area (Å²) >= 11 is 0. The number of amides is 4. The summed E-state index contributed by atoms with van der Waals surface area (Å²) in [6, 6.07) is 19.6. The number of carboxylic acid groups (broad SMARTS) is 1. The molecule has 4 heterocycles. The van der Waals surface area contributed by atoms with E-state index in [4.69, 9.17) is 0 Å². The zero-order valence-corrected chi connectivity index (χ0v) is 22.4. The number of nitrogens with zero attached hydrogens (tertiary/aromatic N) is 3. The van der Waals surface area contributed by atoms with Gasteiger partial charge >= 0.3 is 12.0 Å². The summed E-state index contributed by atoms with van der Waals surface area (Å²) in [5.41, 5.74) is 5.09. The minimum Gasteiger partial charge on any atom is -0.480 e. The van der Waals surface area contributed by atoms with Gasteiger partial charge in [0.05, 0.1) is 11.3 Å². The third kappa shape index (κ3) is 3.76. The molecular formula is C32H28N4O5. The molecule has 0 aliphatic carbocycles. The average molecular weight is 549 g/mol. The van der Waals surface area contributed by atoms with Gasteiger partial charge < -0.3 is 15.0 Å². The highest BCUT2D eigenvalue weighted by Crippen LogP contribution is 2.45. The Hall–Kier alpha value is -4.92. The molecule has 2 fully saturated rings. The number of aromatic amines is 1. The summed E-state index contributed by atoms with van der Waals surface area (Å²) in [5, 5.41) is 10.7. The molecule has 3 aromatic carbocycles. The highest BCUT2D eigenvalue weighted by atomic mass is 16.4. The zero-order chi connectivity index (χ0) is 28.4. The van der Waals surface area contributed by atoms with Gasteiger partial charge in [0.25, 0.3) is 11.8 Å². The van der Waals surface area contributed by atoms with E-state index in [1.165, 1.54) is 4.90 Å². The van der Waals surface area contributed by atoms with Crippen LogP contribution >= 0.6 is 0 Å². The molecule has 2 saturated heterocycles. The summed E-state index contributed by atoms with van der Waals surface area (Å²) in [7, 11) is 0. The van der Waals surface area contributed by atoms with E-state index in [0.717, 1.165) is 38.2 Å². The van der Waals surface area contributed by atoms with Crippen molar-refractivity contribution in [2.24, 2.45) is 0 Å². The SMILES string of the molecule is Cc1ccc(C2c3[nH]c4ccccc4c3C[C@H]3C(=O)N(c4ccccc4C(=O)N4CCC[C@H]4C(=O)O)C(=O)N23)cc1. The van der Waals surface area contributed by atoms with Crippen LogP contribution in [-0.4, -0.2) is 62.3 Å². The number of carbonyl (C=O) groups excluding carboxylic acids is 3. The van der Waals surface area contributed by atoms with E-state index in [1.807, 2.05) is 55.5 Å². The fourth-order valence-corrected chi connectivity index (χ4v) is 6.66. The summed E-state index contributed by atoms with van der Waals surface area (Å²) in [5.74, 6) is -1.96. The number of H-pyrrole nitrogens is 1. The van der Waals surface area contributed by atoms with Crippen molar-refractivity contribution in [3.05, 3.63) is 101 Å². The fourth-order valence-electron chi connectivity index (χ4n) is 6.66. The molecule has 0 saturated carbocycles. The first kappa shape index (κ1) is 25.1. The number of imide groups is 1. The number of aliphatic carboxylic acids is 1. The lowest BCUT2D eigenvalue weighted by Crippen LogP contribution is -2.44. The third-order valence-electron chi connectivity index (χ3n) is 8.62. The number of rotatable bonds is 4. The van der Waals surface area contributed by atoms with Crippen molar-refractivity contribution in [2.75, 3.05) is 11.4 Å². The maximum absolute atomic E-state index is 14.3. The lowest BCUT2D eigenvalue weighted by atomic mass is 9.88. The van der Waals surface area contributed by atoms with E-state index in [1.54, 1.807) is 29.2 Å². The number of likely N-dealkylation sites (tertiary alicyclic amines) is 1. The monoisotopic (exact) mass is 548 g/mol. The number of fused-ring (bicyclic) bond motifs is 4. The highest BCUT2D eigenvalue weighted by Gasteiger charge is 2.53. The smallest absolute Gasteiger partial charge is 0.332 e. The van der Waals surface area contributed by atoms with Crippen molar-refractivity contribution in [3.8, 4) is 0 Å². The third-order valence-corrected chi connectivity index (χ3v) is 8.62. The number of aromatic nitrogens is 1. The molecule has 0 bridgehead atoms. The van der Waals surface area contributed by atoms with Crippen LogP contribution in [0.25, 0.3) is 10.9 Å². The standard InChI is InChI=1S/C32H28N4O5/c1-18-12-14-19(15-13-18)28-27-22(20-7-2-4-9-23(20)33-27)17-26-30(38)36(32(41)35(26)28)24-10-5-3-8-21(24)29(37)34-16-6-11-25(34)31(39)40/h2-5,7-10,12-15,25-26,28,33H,6,11,16-17H2,1H3,(H,39,40)/t25-,26-,28?/m0/s1. The molecule has 3 atom stereocenters. The van der Waals surface area contributed by atoms with E-state index >= 15 is 0 Å². The lowest BCUT2D eigenvalue weighted by Gasteiger charge is -2.36. The number of urea groups is 1. The van der Waals surface area contributed by atoms with Gasteiger partial charge in [-0.2, -0.15) is 0 Å². The zero-order valence-electron chi connectivity index (χ0n) is 22.4. The van der Waals surface area contributed by atoms with Gasteiger partial charge in [0.2, 0.25) is 0 Å². The van der Waals surface area contributed by atoms with E-state index in [2.05, 4.69) is 4.98 Å². The topological polar surface area (TPSA) is 114 Å². The van der Waals surface area contributed by atoms with Gasteiger partial charge in [-0.1, -0.05) is 60.2 Å². The van der Waals surface area contributed by atoms with Gasteiger partial charge in [-0.3, -0.25) is 14.5 Å². The minimum absolute atomic E-state index is 0.137. The Labute approximate surface area is 236 Å². The molecule has 1 aromatic heterocycles. The molecule has 7 rings (SSSR count). The molecule has 3 aliphatic heterocycles. The number of benzene rings is 3. The Morgan fingerprint density at radius 2 is 1.68 bits per heavy atom. The summed E-state index contributed by atoms with van der Waals surface area (Å²) in [6.45, 7) is 2.30. The molecule has 206 valence electrons. The summed E-state index contributed by atoms with van der Waals surface area (Å²) < 4.78 is 0. The van der Waals surface area contributed by atoms with Crippen LogP contribution in [0.4, 0.5) is 10.5 Å². The Kier molecular flexibility index (Phi) is 5.71. The molecule has 3 aliphatic rings. The van der Waals surface area contributed by atoms with Crippen molar-refractivity contribution >= 4 is 40.4 Å². The maximum Gasteiger partial charge on any atom is 0.332 e. The Bertz CT molecular complexity index is 1740. The lowest BCUT2D eigenvalue weighted by molar-refractivity contribution is -0.141. The number of carbonyl (C=O) groups is 4. The molecule has 0 radical (unpaired) electrons. The predicted octanol–water partition coefficient (Wildman–Crippen LogP) is 4.65. The van der Waals surface area contributed by atoms with Crippen LogP contribution in [0.5, 0.6) is 0 Å². The molecule has 2 N–H and O–H groups in total. The Balaban J connectivity index is 1.34. The fraction of sp³-hybridized carbons (Fsp3) is 0.250. The first-order valence-electron chi connectivity index (χ1n) is 13.8. The van der Waals surface area contributed by atoms with E-state index in [9.17, 15) is 24.3 Å². The van der Waals surface area contributed by atoms with Crippen molar-refractivity contribution in [3.63, 3.8) is 0 Å². The second-order valence-electron chi connectivity index (χ2n) is 11.0. The predicted molar refractivity (Wildman–Crippen MR) is 152 cm³/mol. The first-order valence-corrected chi connectivity index (χ1v) is 13.8. The number of carboxylic acids is 1. The van der Waals surface area contributed by atoms with Crippen LogP contribution in [0.1, 0.15) is 51.6 Å². The largest absolute Gasteiger partial charge is 0.480 e. The normalized spacial score (nSPS) is 21.9. The second kappa shape index (κ2) is 9.33. The molecule has 9 heteroatoms. The van der Waals surface area contributed by atoms with Gasteiger partial charge in [0.1, 0.15) is 18.1 Å². The number of hydrogen-bond donors (Lipinski definition) is 2. The highest BCUT2D eigenvalue weighted by molar-refractivity contribution is 6.24. The molecule has 4 amide bonds. The number of nitrogens with one attached hydrogen (secondary N) is 1. The molecule has 41 heavy (non-hydrogen) atoms. The average Bonchev–Trinajstić information content (AvgIpc) is 3.67. The van der Waals surface area contributed by atoms with E-state index < -0.39 is 41.9 Å². The van der Waals surface area contributed by atoms with Crippen LogP contribution in [0.15, 0.2) is 72.8 Å². The quantitative estimate of drug-likeness (QED) is 0.361. The number of hydrogen-bond acceptors (Lipinski definition) is 4. The summed E-state index contributed by atoms with van der Waals surface area (Å²) in [4.78, 5) is 61.5. The summed E-state index contributed by atoms with van der Waals surface area (Å²) in [6.07, 6.45) is 1.28. The van der Waals surface area contributed by atoms with Crippen molar-refractivity contribution in [1.82, 2.24) is 14.8 Å². The molecule has 4 aromatic rings. The maximum atomic E-state index is 14.3. The molecular weight excluding hydrogens is 520 g/mol. The first-order chi connectivity index (χ1) is 19.8. The van der Waals surface area contributed by atoms with Gasteiger partial charge in [0.15, 0.2) is 0 Å². The number of anilines is 1. The van der Waals surface area contributed by atoms with Gasteiger partial charge in [-0.05, 0) is 49.1 Å². The van der Waals surface area contributed by atoms with Crippen LogP contribution < -0.4 is 4.90 Å². The minimum atomic E-state index is -1.06. The van der Waals surface area contributed by atoms with Gasteiger partial charge in [-0.25, -0.2) is 14.5 Å². The number of para-hydroxylation sites is 2. The van der Waals surface area contributed by atoms with Crippen molar-refractivity contribution in [1.29, 1.82) is 0 Å². The molecule has 9 nitrogen and oxygen atoms in total. The van der Waals surface area contributed by atoms with Crippen LogP contribution in [0.3, 0.4) is 0 Å². The van der Waals surface area contributed by atoms with E-state index in [0.29, 0.717) is 25.8 Å². The van der Waals surface area contributed by atoms with Crippen LogP contribution in [0.2, 0.25) is 0 Å². The van der Waals surface area contributed by atoms with E-state index in [-0.39, 0.29) is 11.3 Å². The van der Waals surface area contributed by atoms with Crippen LogP contribution in [-0.2, 0) is 16.0 Å². The second-order valence-corrected chi connectivity index (χ2v) is 11.0. The van der Waals surface area contributed by atoms with Gasteiger partial charge in [-0.15, -0.1) is 0 Å². The Morgan fingerprint density at radius 1 is 0.951 bits per heavy atom.